The summed E-state index contributed by atoms with van der Waals surface area (Å²) in [5.41, 5.74) is 8.89. The van der Waals surface area contributed by atoms with Gasteiger partial charge in [0.05, 0.1) is 34.6 Å². The Balaban J connectivity index is 0.734. The van der Waals surface area contributed by atoms with Gasteiger partial charge in [-0.05, 0) is 104 Å². The van der Waals surface area contributed by atoms with Crippen LogP contribution in [0.25, 0.3) is 23.5 Å². The molecule has 0 saturated carbocycles. The number of aromatic nitrogens is 6. The molecule has 424 valence electrons. The Morgan fingerprint density at radius 3 is 0.895 bits per heavy atom. The summed E-state index contributed by atoms with van der Waals surface area (Å²) >= 11 is 0. The molecule has 10 aromatic carbocycles. The molecule has 2 aromatic heterocycles. The van der Waals surface area contributed by atoms with Gasteiger partial charge < -0.3 is 9.47 Å². The van der Waals surface area contributed by atoms with Crippen molar-refractivity contribution in [1.82, 2.24) is 30.0 Å². The van der Waals surface area contributed by atoms with E-state index in [9.17, 15) is 25.9 Å². The van der Waals surface area contributed by atoms with E-state index in [2.05, 4.69) is 118 Å². The predicted molar refractivity (Wildman–Crippen MR) is 329 cm³/mol. The van der Waals surface area contributed by atoms with Crippen molar-refractivity contribution < 1.29 is 35.4 Å². The first kappa shape index (κ1) is 56.1. The minimum Gasteiger partial charge on any atom is -0.487 e. The van der Waals surface area contributed by atoms with Crippen molar-refractivity contribution in [3.63, 3.8) is 0 Å². The van der Waals surface area contributed by atoms with Crippen LogP contribution < -0.4 is 9.47 Å². The fourth-order valence-electron chi connectivity index (χ4n) is 11.3. The maximum atomic E-state index is 12.9. The third-order valence-corrected chi connectivity index (χ3v) is 17.0. The third-order valence-electron chi connectivity index (χ3n) is 15.2. The zero-order chi connectivity index (χ0) is 59.1. The Morgan fingerprint density at radius 2 is 0.628 bits per heavy atom. The molecular formula is C70H54N6O8S2. The van der Waals surface area contributed by atoms with Crippen LogP contribution in [0.2, 0.25) is 0 Å². The van der Waals surface area contributed by atoms with Crippen molar-refractivity contribution in [2.24, 2.45) is 0 Å². The Kier molecular flexibility index (Phi) is 15.7. The Morgan fingerprint density at radius 1 is 0.360 bits per heavy atom. The standard InChI is InChI=1S/C70H54N6O8S2/c77-85(78,79)67-45-63(75-47-61(71-73-75)49-83-65-41-35-59(36-42-65)69(53-19-7-1-8-20-53,54-21-9-2-10-22-54)55-23-11-3-12-24-55)39-33-51(67)31-32-52-34-40-64(46-68(52)86(80,81)82)76-48-62(72-74-76)50-84-66-43-37-60(38-44-66)70(56-25-13-4-14-26-56,57-27-15-5-16-28-57)58-29-17-6-18-30-58/h1-48H,49-50H2,(H,77,78,79)(H,80,81,82)/b32-31+. The highest BCUT2D eigenvalue weighted by Crippen LogP contribution is 2.47. The van der Waals surface area contributed by atoms with Crippen molar-refractivity contribution in [1.29, 1.82) is 0 Å². The second-order valence-electron chi connectivity index (χ2n) is 20.4. The molecule has 0 fully saturated rings. The lowest BCUT2D eigenvalue weighted by atomic mass is 9.65. The lowest BCUT2D eigenvalue weighted by Crippen LogP contribution is -2.30. The van der Waals surface area contributed by atoms with Gasteiger partial charge in [-0.3, -0.25) is 9.11 Å². The summed E-state index contributed by atoms with van der Waals surface area (Å²) in [6.07, 6.45) is 5.79. The van der Waals surface area contributed by atoms with Gasteiger partial charge in [0.1, 0.15) is 45.9 Å². The molecule has 0 aliphatic heterocycles. The van der Waals surface area contributed by atoms with Gasteiger partial charge in [0.2, 0.25) is 0 Å². The Bertz CT molecular complexity index is 4070. The number of benzene rings is 10. The molecule has 0 saturated heterocycles. The first-order valence-corrected chi connectivity index (χ1v) is 30.3. The molecule has 0 amide bonds. The summed E-state index contributed by atoms with van der Waals surface area (Å²) in [6, 6.07) is 86.6. The zero-order valence-electron chi connectivity index (χ0n) is 46.0. The van der Waals surface area contributed by atoms with E-state index in [0.717, 1.165) is 44.5 Å². The summed E-state index contributed by atoms with van der Waals surface area (Å²) < 4.78 is 87.5. The van der Waals surface area contributed by atoms with Crippen LogP contribution in [-0.4, -0.2) is 55.9 Å². The molecule has 2 N–H and O–H groups in total. The lowest BCUT2D eigenvalue weighted by Gasteiger charge is -2.36. The molecule has 16 heteroatoms. The quantitative estimate of drug-likeness (QED) is 0.0418. The average Bonchev–Trinajstić information content (AvgIpc) is 1.29. The van der Waals surface area contributed by atoms with Gasteiger partial charge in [0.15, 0.2) is 0 Å². The first-order chi connectivity index (χ1) is 41.9. The summed E-state index contributed by atoms with van der Waals surface area (Å²) in [5, 5.41) is 16.9. The maximum Gasteiger partial charge on any atom is 0.295 e. The minimum absolute atomic E-state index is 0.0167. The number of hydrogen-bond donors (Lipinski definition) is 2. The molecular weight excluding hydrogens is 1120 g/mol. The van der Waals surface area contributed by atoms with E-state index in [1.165, 1.54) is 45.8 Å². The molecule has 2 heterocycles. The van der Waals surface area contributed by atoms with E-state index >= 15 is 0 Å². The minimum atomic E-state index is -4.85. The van der Waals surface area contributed by atoms with E-state index in [4.69, 9.17) is 9.47 Å². The van der Waals surface area contributed by atoms with Crippen molar-refractivity contribution in [2.75, 3.05) is 0 Å². The SMILES string of the molecule is O=S(=O)(O)c1cc(-n2cc(COc3ccc(C(c4ccccc4)(c4ccccc4)c4ccccc4)cc3)nn2)ccc1/C=C/c1ccc(-n2cc(COc3ccc(C(c4ccccc4)(c4ccccc4)c4ccccc4)cc3)nn2)cc1S(=O)(=O)O. The normalized spacial score (nSPS) is 12.1. The van der Waals surface area contributed by atoms with Gasteiger partial charge >= 0.3 is 0 Å². The van der Waals surface area contributed by atoms with Gasteiger partial charge in [-0.2, -0.15) is 16.8 Å². The van der Waals surface area contributed by atoms with Crippen molar-refractivity contribution in [3.05, 3.63) is 346 Å². The highest BCUT2D eigenvalue weighted by molar-refractivity contribution is 7.86. The molecule has 0 bridgehead atoms. The van der Waals surface area contributed by atoms with Gasteiger partial charge in [-0.1, -0.05) is 241 Å². The summed E-state index contributed by atoms with van der Waals surface area (Å²) in [6.45, 7) is 0.0672. The molecule has 0 radical (unpaired) electrons. The largest absolute Gasteiger partial charge is 0.487 e. The van der Waals surface area contributed by atoms with Gasteiger partial charge in [-0.15, -0.1) is 10.2 Å². The maximum absolute atomic E-state index is 12.9. The van der Waals surface area contributed by atoms with E-state index < -0.39 is 40.9 Å². The zero-order valence-corrected chi connectivity index (χ0v) is 47.6. The van der Waals surface area contributed by atoms with Crippen molar-refractivity contribution in [2.45, 2.75) is 33.8 Å². The first-order valence-electron chi connectivity index (χ1n) is 27.4. The number of hydrogen-bond acceptors (Lipinski definition) is 10. The molecule has 0 aliphatic carbocycles. The van der Waals surface area contributed by atoms with E-state index in [1.807, 2.05) is 133 Å². The molecule has 0 spiro atoms. The molecule has 0 aliphatic rings. The highest BCUT2D eigenvalue weighted by Gasteiger charge is 2.39. The summed E-state index contributed by atoms with van der Waals surface area (Å²) in [4.78, 5) is -0.981. The van der Waals surface area contributed by atoms with Crippen LogP contribution >= 0.6 is 0 Å². The smallest absolute Gasteiger partial charge is 0.295 e. The average molecular weight is 1170 g/mol. The Hall–Kier alpha value is -10.4. The molecule has 0 atom stereocenters. The topological polar surface area (TPSA) is 189 Å². The van der Waals surface area contributed by atoms with Gasteiger partial charge in [-0.25, -0.2) is 9.36 Å². The number of ether oxygens (including phenoxy) is 2. The van der Waals surface area contributed by atoms with Gasteiger partial charge in [0.25, 0.3) is 20.2 Å². The van der Waals surface area contributed by atoms with E-state index in [1.54, 1.807) is 24.5 Å². The van der Waals surface area contributed by atoms with Crippen molar-refractivity contribution in [3.8, 4) is 22.9 Å². The summed E-state index contributed by atoms with van der Waals surface area (Å²) in [5.74, 6) is 1.18. The van der Waals surface area contributed by atoms with Gasteiger partial charge in [0, 0.05) is 0 Å². The second kappa shape index (κ2) is 24.1. The van der Waals surface area contributed by atoms with Crippen molar-refractivity contribution >= 4 is 32.4 Å². The molecule has 86 heavy (non-hydrogen) atoms. The third kappa shape index (κ3) is 11.4. The fourth-order valence-corrected chi connectivity index (χ4v) is 12.7. The predicted octanol–water partition coefficient (Wildman–Crippen LogP) is 13.4. The van der Waals surface area contributed by atoms with Crippen LogP contribution in [0.4, 0.5) is 0 Å². The highest BCUT2D eigenvalue weighted by atomic mass is 32.2. The van der Waals surface area contributed by atoms with E-state index in [-0.39, 0.29) is 35.7 Å². The van der Waals surface area contributed by atoms with Crippen LogP contribution in [0.15, 0.2) is 289 Å². The summed E-state index contributed by atoms with van der Waals surface area (Å²) in [7, 11) is -9.70. The van der Waals surface area contributed by atoms with E-state index in [0.29, 0.717) is 22.9 Å². The van der Waals surface area contributed by atoms with Crippen LogP contribution in [0.5, 0.6) is 11.5 Å². The molecule has 14 nitrogen and oxygen atoms in total. The van der Waals surface area contributed by atoms with Crippen LogP contribution in [-0.2, 0) is 44.3 Å². The number of rotatable bonds is 20. The lowest BCUT2D eigenvalue weighted by molar-refractivity contribution is 0.301. The molecule has 0 unspecified atom stereocenters. The number of nitrogens with zero attached hydrogens (tertiary/aromatic N) is 6. The Labute approximate surface area is 498 Å². The van der Waals surface area contributed by atoms with Crippen LogP contribution in [0.1, 0.15) is 67.0 Å². The molecule has 12 rings (SSSR count). The van der Waals surface area contributed by atoms with Crippen LogP contribution in [0, 0.1) is 0 Å². The molecule has 12 aromatic rings. The second-order valence-corrected chi connectivity index (χ2v) is 23.1. The monoisotopic (exact) mass is 1170 g/mol. The fraction of sp³-hybridized carbons (Fsp3) is 0.0571. The van der Waals surface area contributed by atoms with Crippen LogP contribution in [0.3, 0.4) is 0 Å².